The number of thiocarbonyl (C=S) groups is 1. The maximum absolute atomic E-state index is 11.7. The number of amides is 1. The lowest BCUT2D eigenvalue weighted by Gasteiger charge is -2.19. The van der Waals surface area contributed by atoms with Gasteiger partial charge in [-0.25, -0.2) is 0 Å². The van der Waals surface area contributed by atoms with E-state index in [0.717, 1.165) is 11.1 Å². The molecule has 1 amide bonds. The van der Waals surface area contributed by atoms with Crippen LogP contribution in [0, 0.1) is 0 Å². The van der Waals surface area contributed by atoms with Gasteiger partial charge in [0.15, 0.2) is 0 Å². The van der Waals surface area contributed by atoms with Crippen molar-refractivity contribution in [1.29, 1.82) is 0 Å². The first-order valence-corrected chi connectivity index (χ1v) is 9.01. The molecule has 2 nitrogen and oxygen atoms in total. The highest BCUT2D eigenvalue weighted by Gasteiger charge is 2.21. The number of benzene rings is 2. The van der Waals surface area contributed by atoms with Crippen LogP contribution in [0.25, 0.3) is 17.2 Å². The van der Waals surface area contributed by atoms with E-state index in [2.05, 4.69) is 62.5 Å². The molecule has 2 aromatic rings. The second-order valence-electron chi connectivity index (χ2n) is 6.80. The zero-order valence-electron chi connectivity index (χ0n) is 13.9. The fourth-order valence-electron chi connectivity index (χ4n) is 2.51. The molecule has 0 saturated carbocycles. The molecule has 1 saturated heterocycles. The van der Waals surface area contributed by atoms with Crippen molar-refractivity contribution in [2.24, 2.45) is 0 Å². The van der Waals surface area contributed by atoms with E-state index in [1.54, 1.807) is 0 Å². The van der Waals surface area contributed by atoms with Gasteiger partial charge in [-0.05, 0) is 33.7 Å². The number of carbonyl (C=O) groups is 1. The second-order valence-corrected chi connectivity index (χ2v) is 8.52. The Balaban J connectivity index is 1.81. The van der Waals surface area contributed by atoms with Gasteiger partial charge in [0.1, 0.15) is 4.32 Å². The summed E-state index contributed by atoms with van der Waals surface area (Å²) in [5.41, 5.74) is 4.84. The van der Waals surface area contributed by atoms with Crippen molar-refractivity contribution in [3.8, 4) is 11.1 Å². The summed E-state index contributed by atoms with van der Waals surface area (Å²) >= 11 is 6.31. The van der Waals surface area contributed by atoms with Crippen LogP contribution in [0.5, 0.6) is 0 Å². The second kappa shape index (κ2) is 6.54. The largest absolute Gasteiger partial charge is 0.307 e. The van der Waals surface area contributed by atoms with Gasteiger partial charge in [0, 0.05) is 0 Å². The summed E-state index contributed by atoms with van der Waals surface area (Å²) < 4.78 is 0.516. The molecule has 0 unspecified atom stereocenters. The SMILES string of the molecule is CC(C)(C)c1ccc(-c2ccc(/C=C3\SC(=S)NC3=O)cc2)cc1. The lowest BCUT2D eigenvalue weighted by Crippen LogP contribution is -2.17. The molecule has 1 aliphatic rings. The Bertz CT molecular complexity index is 812. The fourth-order valence-corrected chi connectivity index (χ4v) is 3.55. The Kier molecular flexibility index (Phi) is 4.61. The molecule has 1 fully saturated rings. The molecule has 0 atom stereocenters. The minimum Gasteiger partial charge on any atom is -0.307 e. The van der Waals surface area contributed by atoms with Crippen LogP contribution in [0.1, 0.15) is 31.9 Å². The number of hydrogen-bond acceptors (Lipinski definition) is 3. The van der Waals surface area contributed by atoms with Crippen molar-refractivity contribution < 1.29 is 4.79 Å². The highest BCUT2D eigenvalue weighted by molar-refractivity contribution is 8.26. The average Bonchev–Trinajstić information content (AvgIpc) is 2.85. The van der Waals surface area contributed by atoms with Gasteiger partial charge in [0.25, 0.3) is 5.91 Å². The van der Waals surface area contributed by atoms with E-state index in [1.807, 2.05) is 18.2 Å². The summed E-state index contributed by atoms with van der Waals surface area (Å²) in [6.45, 7) is 6.65. The third kappa shape index (κ3) is 3.77. The maximum Gasteiger partial charge on any atom is 0.263 e. The summed E-state index contributed by atoms with van der Waals surface area (Å²) in [5.74, 6) is -0.119. The Morgan fingerprint density at radius 2 is 1.50 bits per heavy atom. The minimum atomic E-state index is -0.119. The predicted molar refractivity (Wildman–Crippen MR) is 107 cm³/mol. The number of hydrogen-bond donors (Lipinski definition) is 1. The zero-order valence-corrected chi connectivity index (χ0v) is 15.6. The molecule has 0 bridgehead atoms. The van der Waals surface area contributed by atoms with Gasteiger partial charge in [-0.2, -0.15) is 0 Å². The Morgan fingerprint density at radius 3 is 1.96 bits per heavy atom. The first-order chi connectivity index (χ1) is 11.3. The molecule has 24 heavy (non-hydrogen) atoms. The van der Waals surface area contributed by atoms with Gasteiger partial charge in [-0.1, -0.05) is 93.3 Å². The number of thioether (sulfide) groups is 1. The molecule has 1 aliphatic heterocycles. The molecule has 0 radical (unpaired) electrons. The lowest BCUT2D eigenvalue weighted by atomic mass is 9.86. The summed E-state index contributed by atoms with van der Waals surface area (Å²) in [7, 11) is 0. The molecular weight excluding hydrogens is 334 g/mol. The van der Waals surface area contributed by atoms with E-state index >= 15 is 0 Å². The lowest BCUT2D eigenvalue weighted by molar-refractivity contribution is -0.115. The van der Waals surface area contributed by atoms with Crippen LogP contribution in [-0.2, 0) is 10.2 Å². The zero-order chi connectivity index (χ0) is 17.3. The van der Waals surface area contributed by atoms with Gasteiger partial charge < -0.3 is 5.32 Å². The number of carbonyl (C=O) groups excluding carboxylic acids is 1. The van der Waals surface area contributed by atoms with Crippen molar-refractivity contribution in [1.82, 2.24) is 5.32 Å². The quantitative estimate of drug-likeness (QED) is 0.599. The van der Waals surface area contributed by atoms with E-state index in [-0.39, 0.29) is 11.3 Å². The van der Waals surface area contributed by atoms with E-state index < -0.39 is 0 Å². The van der Waals surface area contributed by atoms with Crippen LogP contribution in [0.4, 0.5) is 0 Å². The average molecular weight is 354 g/mol. The van der Waals surface area contributed by atoms with Gasteiger partial charge in [0.2, 0.25) is 0 Å². The van der Waals surface area contributed by atoms with E-state index in [9.17, 15) is 4.79 Å². The highest BCUT2D eigenvalue weighted by atomic mass is 32.2. The van der Waals surface area contributed by atoms with Crippen molar-refractivity contribution in [3.63, 3.8) is 0 Å². The molecule has 0 aliphatic carbocycles. The monoisotopic (exact) mass is 353 g/mol. The first-order valence-electron chi connectivity index (χ1n) is 7.79. The summed E-state index contributed by atoms with van der Waals surface area (Å²) in [6, 6.07) is 16.9. The molecule has 1 heterocycles. The molecule has 0 aromatic heterocycles. The van der Waals surface area contributed by atoms with Gasteiger partial charge in [0.05, 0.1) is 4.91 Å². The van der Waals surface area contributed by atoms with Crippen molar-refractivity contribution >= 4 is 40.3 Å². The smallest absolute Gasteiger partial charge is 0.263 e. The Hall–Kier alpha value is -1.91. The van der Waals surface area contributed by atoms with Crippen molar-refractivity contribution in [3.05, 3.63) is 64.6 Å². The molecular formula is C20H19NOS2. The topological polar surface area (TPSA) is 29.1 Å². The molecule has 122 valence electrons. The van der Waals surface area contributed by atoms with Crippen LogP contribution in [0.15, 0.2) is 53.4 Å². The Labute approximate surface area is 152 Å². The Morgan fingerprint density at radius 1 is 0.958 bits per heavy atom. The third-order valence-electron chi connectivity index (χ3n) is 3.93. The van der Waals surface area contributed by atoms with Gasteiger partial charge >= 0.3 is 0 Å². The van der Waals surface area contributed by atoms with Crippen LogP contribution >= 0.6 is 24.0 Å². The van der Waals surface area contributed by atoms with Crippen molar-refractivity contribution in [2.75, 3.05) is 0 Å². The van der Waals surface area contributed by atoms with Gasteiger partial charge in [-0.15, -0.1) is 0 Å². The summed E-state index contributed by atoms with van der Waals surface area (Å²) in [5, 5.41) is 2.63. The van der Waals surface area contributed by atoms with Crippen LogP contribution in [0.2, 0.25) is 0 Å². The van der Waals surface area contributed by atoms with Crippen LogP contribution in [0.3, 0.4) is 0 Å². The van der Waals surface area contributed by atoms with E-state index in [1.165, 1.54) is 22.9 Å². The van der Waals surface area contributed by atoms with E-state index in [0.29, 0.717) is 9.23 Å². The highest BCUT2D eigenvalue weighted by Crippen LogP contribution is 2.28. The molecule has 1 N–H and O–H groups in total. The van der Waals surface area contributed by atoms with Gasteiger partial charge in [-0.3, -0.25) is 4.79 Å². The number of rotatable bonds is 2. The minimum absolute atomic E-state index is 0.119. The number of nitrogens with one attached hydrogen (secondary N) is 1. The molecule has 0 spiro atoms. The third-order valence-corrected chi connectivity index (χ3v) is 5.10. The molecule has 3 rings (SSSR count). The maximum atomic E-state index is 11.7. The standard InChI is InChI=1S/C20H19NOS2/c1-20(2,3)16-10-8-15(9-11-16)14-6-4-13(5-7-14)12-17-18(22)21-19(23)24-17/h4-12H,1-3H3,(H,21,22,23)/b17-12-. The predicted octanol–water partition coefficient (Wildman–Crippen LogP) is 5.14. The van der Waals surface area contributed by atoms with E-state index in [4.69, 9.17) is 12.2 Å². The first kappa shape index (κ1) is 16.9. The van der Waals surface area contributed by atoms with Crippen LogP contribution in [-0.4, -0.2) is 10.2 Å². The summed E-state index contributed by atoms with van der Waals surface area (Å²) in [6.07, 6.45) is 1.87. The normalized spacial score (nSPS) is 16.5. The van der Waals surface area contributed by atoms with Crippen molar-refractivity contribution in [2.45, 2.75) is 26.2 Å². The summed E-state index contributed by atoms with van der Waals surface area (Å²) in [4.78, 5) is 12.3. The molecule has 4 heteroatoms. The fraction of sp³-hybridized carbons (Fsp3) is 0.200. The molecule has 2 aromatic carbocycles. The van der Waals surface area contributed by atoms with Crippen LogP contribution < -0.4 is 5.32 Å².